The second kappa shape index (κ2) is 5.52. The summed E-state index contributed by atoms with van der Waals surface area (Å²) in [6.07, 6.45) is 5.62. The maximum absolute atomic E-state index is 5.43. The highest BCUT2D eigenvalue weighted by molar-refractivity contribution is 4.90. The SMILES string of the molecule is CC1CC(C)C(C)N(C/C=C/CN)C1. The Morgan fingerprint density at radius 1 is 1.29 bits per heavy atom. The van der Waals surface area contributed by atoms with Gasteiger partial charge in [0.2, 0.25) is 0 Å². The molecule has 2 heteroatoms. The van der Waals surface area contributed by atoms with Crippen LogP contribution in [0, 0.1) is 11.8 Å². The molecule has 3 atom stereocenters. The first-order valence-corrected chi connectivity index (χ1v) is 5.74. The molecule has 2 N–H and O–H groups in total. The van der Waals surface area contributed by atoms with Gasteiger partial charge < -0.3 is 5.73 Å². The molecule has 0 aromatic carbocycles. The molecule has 1 saturated heterocycles. The Labute approximate surface area is 88.2 Å². The van der Waals surface area contributed by atoms with Crippen molar-refractivity contribution in [2.45, 2.75) is 33.2 Å². The normalized spacial score (nSPS) is 35.3. The molecule has 1 rings (SSSR count). The van der Waals surface area contributed by atoms with Gasteiger partial charge in [-0.05, 0) is 25.2 Å². The monoisotopic (exact) mass is 196 g/mol. The van der Waals surface area contributed by atoms with Crippen LogP contribution in [0.3, 0.4) is 0 Å². The average molecular weight is 196 g/mol. The smallest absolute Gasteiger partial charge is 0.0166 e. The Balaban J connectivity index is 2.45. The number of piperidine rings is 1. The van der Waals surface area contributed by atoms with Crippen molar-refractivity contribution in [3.05, 3.63) is 12.2 Å². The van der Waals surface area contributed by atoms with Crippen LogP contribution < -0.4 is 5.73 Å². The van der Waals surface area contributed by atoms with Gasteiger partial charge in [0.1, 0.15) is 0 Å². The third-order valence-corrected chi connectivity index (χ3v) is 3.36. The van der Waals surface area contributed by atoms with Crippen LogP contribution in [0.5, 0.6) is 0 Å². The fraction of sp³-hybridized carbons (Fsp3) is 0.833. The Morgan fingerprint density at radius 3 is 2.64 bits per heavy atom. The molecule has 1 fully saturated rings. The molecule has 1 aliphatic rings. The molecule has 2 nitrogen and oxygen atoms in total. The maximum atomic E-state index is 5.43. The van der Waals surface area contributed by atoms with Crippen molar-refractivity contribution in [2.75, 3.05) is 19.6 Å². The Morgan fingerprint density at radius 2 is 2.00 bits per heavy atom. The van der Waals surface area contributed by atoms with E-state index in [2.05, 4.69) is 37.8 Å². The van der Waals surface area contributed by atoms with Crippen molar-refractivity contribution >= 4 is 0 Å². The van der Waals surface area contributed by atoms with E-state index in [1.807, 2.05) is 0 Å². The van der Waals surface area contributed by atoms with Crippen molar-refractivity contribution in [1.82, 2.24) is 4.90 Å². The maximum Gasteiger partial charge on any atom is 0.0166 e. The van der Waals surface area contributed by atoms with Crippen molar-refractivity contribution in [1.29, 1.82) is 0 Å². The van der Waals surface area contributed by atoms with Gasteiger partial charge in [0, 0.05) is 25.7 Å². The molecule has 14 heavy (non-hydrogen) atoms. The number of hydrogen-bond acceptors (Lipinski definition) is 2. The largest absolute Gasteiger partial charge is 0.327 e. The minimum absolute atomic E-state index is 0.660. The van der Waals surface area contributed by atoms with Gasteiger partial charge in [0.05, 0.1) is 0 Å². The van der Waals surface area contributed by atoms with Gasteiger partial charge in [-0.25, -0.2) is 0 Å². The Bertz CT molecular complexity index is 189. The van der Waals surface area contributed by atoms with Crippen LogP contribution in [0.2, 0.25) is 0 Å². The summed E-state index contributed by atoms with van der Waals surface area (Å²) < 4.78 is 0. The number of nitrogens with two attached hydrogens (primary N) is 1. The lowest BCUT2D eigenvalue weighted by Crippen LogP contribution is -2.45. The van der Waals surface area contributed by atoms with E-state index in [1.54, 1.807) is 0 Å². The first-order chi connectivity index (χ1) is 6.65. The van der Waals surface area contributed by atoms with Gasteiger partial charge in [-0.2, -0.15) is 0 Å². The number of rotatable bonds is 3. The Kier molecular flexibility index (Phi) is 4.63. The van der Waals surface area contributed by atoms with E-state index < -0.39 is 0 Å². The summed E-state index contributed by atoms with van der Waals surface area (Å²) in [6.45, 7) is 10.0. The highest BCUT2D eigenvalue weighted by Gasteiger charge is 2.27. The van der Waals surface area contributed by atoms with E-state index >= 15 is 0 Å². The van der Waals surface area contributed by atoms with Gasteiger partial charge in [-0.1, -0.05) is 26.0 Å². The molecule has 0 spiro atoms. The molecular formula is C12H24N2. The molecule has 0 saturated carbocycles. The van der Waals surface area contributed by atoms with Gasteiger partial charge in [-0.3, -0.25) is 4.90 Å². The lowest BCUT2D eigenvalue weighted by Gasteiger charge is -2.40. The van der Waals surface area contributed by atoms with Crippen LogP contribution in [-0.4, -0.2) is 30.6 Å². The van der Waals surface area contributed by atoms with Gasteiger partial charge in [0.15, 0.2) is 0 Å². The molecule has 0 bridgehead atoms. The van der Waals surface area contributed by atoms with Crippen LogP contribution in [-0.2, 0) is 0 Å². The summed E-state index contributed by atoms with van der Waals surface area (Å²) >= 11 is 0. The van der Waals surface area contributed by atoms with E-state index in [0.717, 1.165) is 18.4 Å². The summed E-state index contributed by atoms with van der Waals surface area (Å²) in [7, 11) is 0. The van der Waals surface area contributed by atoms with Gasteiger partial charge >= 0.3 is 0 Å². The zero-order valence-corrected chi connectivity index (χ0v) is 9.74. The highest BCUT2D eigenvalue weighted by Crippen LogP contribution is 2.26. The quantitative estimate of drug-likeness (QED) is 0.698. The third-order valence-electron chi connectivity index (χ3n) is 3.36. The average Bonchev–Trinajstić information content (AvgIpc) is 2.13. The minimum atomic E-state index is 0.660. The summed E-state index contributed by atoms with van der Waals surface area (Å²) in [4.78, 5) is 2.56. The summed E-state index contributed by atoms with van der Waals surface area (Å²) in [6, 6.07) is 0.716. The van der Waals surface area contributed by atoms with Crippen LogP contribution >= 0.6 is 0 Å². The van der Waals surface area contributed by atoms with E-state index in [4.69, 9.17) is 5.73 Å². The predicted molar refractivity (Wildman–Crippen MR) is 62.2 cm³/mol. The number of likely N-dealkylation sites (tertiary alicyclic amines) is 1. The fourth-order valence-electron chi connectivity index (χ4n) is 2.38. The first kappa shape index (κ1) is 11.7. The van der Waals surface area contributed by atoms with E-state index in [9.17, 15) is 0 Å². The van der Waals surface area contributed by atoms with Gasteiger partial charge in [-0.15, -0.1) is 0 Å². The second-order valence-corrected chi connectivity index (χ2v) is 4.72. The molecule has 1 heterocycles. The van der Waals surface area contributed by atoms with Gasteiger partial charge in [0.25, 0.3) is 0 Å². The van der Waals surface area contributed by atoms with Crippen LogP contribution in [0.1, 0.15) is 27.2 Å². The van der Waals surface area contributed by atoms with E-state index in [1.165, 1.54) is 13.0 Å². The second-order valence-electron chi connectivity index (χ2n) is 4.72. The molecular weight excluding hydrogens is 172 g/mol. The molecule has 0 radical (unpaired) electrons. The van der Waals surface area contributed by atoms with Crippen LogP contribution in [0.25, 0.3) is 0 Å². The molecule has 0 amide bonds. The fourth-order valence-corrected chi connectivity index (χ4v) is 2.38. The minimum Gasteiger partial charge on any atom is -0.327 e. The lowest BCUT2D eigenvalue weighted by atomic mass is 9.86. The predicted octanol–water partition coefficient (Wildman–Crippen LogP) is 1.87. The van der Waals surface area contributed by atoms with Crippen molar-refractivity contribution < 1.29 is 0 Å². The molecule has 1 aliphatic heterocycles. The van der Waals surface area contributed by atoms with Crippen molar-refractivity contribution in [3.63, 3.8) is 0 Å². The zero-order valence-electron chi connectivity index (χ0n) is 9.74. The summed E-state index contributed by atoms with van der Waals surface area (Å²) in [5, 5.41) is 0. The number of hydrogen-bond donors (Lipinski definition) is 1. The Hall–Kier alpha value is -0.340. The standard InChI is InChI=1S/C12H24N2/c1-10-8-11(2)12(3)14(9-10)7-5-4-6-13/h4-5,10-12H,6-9,13H2,1-3H3/b5-4+. The molecule has 0 aromatic heterocycles. The van der Waals surface area contributed by atoms with E-state index in [-0.39, 0.29) is 0 Å². The third kappa shape index (κ3) is 3.10. The first-order valence-electron chi connectivity index (χ1n) is 5.74. The lowest BCUT2D eigenvalue weighted by molar-refractivity contribution is 0.0915. The summed E-state index contributed by atoms with van der Waals surface area (Å²) in [5.41, 5.74) is 5.43. The highest BCUT2D eigenvalue weighted by atomic mass is 15.2. The number of nitrogens with zero attached hydrogens (tertiary/aromatic N) is 1. The topological polar surface area (TPSA) is 29.3 Å². The van der Waals surface area contributed by atoms with Crippen LogP contribution in [0.15, 0.2) is 12.2 Å². The van der Waals surface area contributed by atoms with Crippen molar-refractivity contribution in [3.8, 4) is 0 Å². The van der Waals surface area contributed by atoms with Crippen molar-refractivity contribution in [2.24, 2.45) is 17.6 Å². The zero-order chi connectivity index (χ0) is 10.6. The van der Waals surface area contributed by atoms with Crippen LogP contribution in [0.4, 0.5) is 0 Å². The van der Waals surface area contributed by atoms with E-state index in [0.29, 0.717) is 12.6 Å². The molecule has 0 aliphatic carbocycles. The molecule has 3 unspecified atom stereocenters. The summed E-state index contributed by atoms with van der Waals surface area (Å²) in [5.74, 6) is 1.66. The molecule has 0 aromatic rings. The molecule has 82 valence electrons.